The molecule has 0 spiro atoms. The first-order valence-electron chi connectivity index (χ1n) is 7.38. The highest BCUT2D eigenvalue weighted by molar-refractivity contribution is 5.87. The van der Waals surface area contributed by atoms with Crippen molar-refractivity contribution < 1.29 is 24.1 Å². The largest absolute Gasteiger partial charge is 0.493 e. The van der Waals surface area contributed by atoms with Crippen LogP contribution < -0.4 is 20.1 Å². The number of aliphatic hydroxyl groups is 1. The summed E-state index contributed by atoms with van der Waals surface area (Å²) in [7, 11) is 3.03. The summed E-state index contributed by atoms with van der Waals surface area (Å²) >= 11 is 0. The number of β-amino-alcohol motifs (C(OH)–C–C–N with tert-alkyl or cyclic N) is 1. The van der Waals surface area contributed by atoms with Crippen molar-refractivity contribution in [1.82, 2.24) is 5.32 Å². The average Bonchev–Trinajstić information content (AvgIpc) is 2.42. The number of carbonyl (C=O) groups excluding carboxylic acids is 1. The van der Waals surface area contributed by atoms with Crippen LogP contribution in [-0.2, 0) is 10.3 Å². The van der Waals surface area contributed by atoms with Crippen molar-refractivity contribution in [3.05, 3.63) is 17.7 Å². The highest BCUT2D eigenvalue weighted by Gasteiger charge is 2.39. The third kappa shape index (κ3) is 3.86. The Morgan fingerprint density at radius 2 is 1.78 bits per heavy atom. The second kappa shape index (κ2) is 6.25. The number of hydrogen-bond donors (Lipinski definition) is 3. The Bertz CT molecular complexity index is 591. The summed E-state index contributed by atoms with van der Waals surface area (Å²) < 4.78 is 15.8. The van der Waals surface area contributed by atoms with Gasteiger partial charge in [0.1, 0.15) is 11.2 Å². The van der Waals surface area contributed by atoms with E-state index in [1.54, 1.807) is 32.9 Å². The monoisotopic (exact) mass is 324 g/mol. The standard InChI is InChI=1S/C16H24N2O5/c1-15(2,3)23-14(19)18-11-7-13(22-5)12(21-4)6-10(11)16(20)8-17-9-16/h6-7,17,20H,8-9H2,1-5H3,(H,18,19). The second-order valence-corrected chi connectivity index (χ2v) is 6.51. The molecule has 2 rings (SSSR count). The van der Waals surface area contributed by atoms with E-state index in [4.69, 9.17) is 14.2 Å². The number of rotatable bonds is 4. The Hall–Kier alpha value is -1.99. The molecule has 3 N–H and O–H groups in total. The van der Waals surface area contributed by atoms with Crippen LogP contribution in [0.25, 0.3) is 0 Å². The van der Waals surface area contributed by atoms with E-state index in [1.165, 1.54) is 14.2 Å². The first kappa shape index (κ1) is 17.4. The van der Waals surface area contributed by atoms with Crippen LogP contribution in [0.3, 0.4) is 0 Å². The SMILES string of the molecule is COc1cc(NC(=O)OC(C)(C)C)c(C2(O)CNC2)cc1OC. The highest BCUT2D eigenvalue weighted by Crippen LogP contribution is 2.40. The molecule has 0 atom stereocenters. The van der Waals surface area contributed by atoms with Crippen LogP contribution in [0, 0.1) is 0 Å². The summed E-state index contributed by atoms with van der Waals surface area (Å²) in [5.74, 6) is 0.941. The average molecular weight is 324 g/mol. The number of amides is 1. The maximum absolute atomic E-state index is 12.1. The topological polar surface area (TPSA) is 89.1 Å². The molecule has 0 radical (unpaired) electrons. The molecule has 1 amide bonds. The lowest BCUT2D eigenvalue weighted by Crippen LogP contribution is -2.57. The van der Waals surface area contributed by atoms with Gasteiger partial charge in [0, 0.05) is 24.7 Å². The van der Waals surface area contributed by atoms with Crippen LogP contribution in [0.5, 0.6) is 11.5 Å². The number of methoxy groups -OCH3 is 2. The molecule has 23 heavy (non-hydrogen) atoms. The fourth-order valence-electron chi connectivity index (χ4n) is 2.33. The first-order chi connectivity index (χ1) is 10.7. The van der Waals surface area contributed by atoms with E-state index in [0.717, 1.165) is 0 Å². The summed E-state index contributed by atoms with van der Waals surface area (Å²) in [5, 5.41) is 16.3. The minimum absolute atomic E-state index is 0.394. The van der Waals surface area contributed by atoms with Gasteiger partial charge in [-0.1, -0.05) is 0 Å². The third-order valence-corrected chi connectivity index (χ3v) is 3.50. The lowest BCUT2D eigenvalue weighted by molar-refractivity contribution is -0.0142. The molecular weight excluding hydrogens is 300 g/mol. The van der Waals surface area contributed by atoms with Crippen molar-refractivity contribution in [1.29, 1.82) is 0 Å². The molecular formula is C16H24N2O5. The molecule has 1 heterocycles. The zero-order valence-electron chi connectivity index (χ0n) is 14.1. The molecule has 0 saturated carbocycles. The fraction of sp³-hybridized carbons (Fsp3) is 0.562. The van der Waals surface area contributed by atoms with Gasteiger partial charge >= 0.3 is 6.09 Å². The normalized spacial score (nSPS) is 16.3. The van der Waals surface area contributed by atoms with Crippen molar-refractivity contribution >= 4 is 11.8 Å². The smallest absolute Gasteiger partial charge is 0.412 e. The van der Waals surface area contributed by atoms with Gasteiger partial charge in [0.15, 0.2) is 11.5 Å². The molecule has 0 unspecified atom stereocenters. The van der Waals surface area contributed by atoms with Gasteiger partial charge in [0.25, 0.3) is 0 Å². The fourth-order valence-corrected chi connectivity index (χ4v) is 2.33. The van der Waals surface area contributed by atoms with Gasteiger partial charge < -0.3 is 24.6 Å². The van der Waals surface area contributed by atoms with Crippen LogP contribution in [-0.4, -0.2) is 44.1 Å². The predicted octanol–water partition coefficient (Wildman–Crippen LogP) is 1.84. The second-order valence-electron chi connectivity index (χ2n) is 6.51. The molecule has 7 heteroatoms. The highest BCUT2D eigenvalue weighted by atomic mass is 16.6. The maximum atomic E-state index is 12.1. The molecule has 1 fully saturated rings. The maximum Gasteiger partial charge on any atom is 0.412 e. The number of hydrogen-bond acceptors (Lipinski definition) is 6. The van der Waals surface area contributed by atoms with Crippen molar-refractivity contribution in [3.8, 4) is 11.5 Å². The van der Waals surface area contributed by atoms with Crippen molar-refractivity contribution in [2.45, 2.75) is 32.0 Å². The third-order valence-electron chi connectivity index (χ3n) is 3.50. The summed E-state index contributed by atoms with van der Waals surface area (Å²) in [6, 6.07) is 3.29. The van der Waals surface area contributed by atoms with Crippen LogP contribution >= 0.6 is 0 Å². The van der Waals surface area contributed by atoms with Gasteiger partial charge in [0.2, 0.25) is 0 Å². The molecule has 1 aliphatic heterocycles. The number of carbonyl (C=O) groups is 1. The summed E-state index contributed by atoms with van der Waals surface area (Å²) in [6.45, 7) is 6.14. The van der Waals surface area contributed by atoms with Gasteiger partial charge in [-0.3, -0.25) is 5.32 Å². The lowest BCUT2D eigenvalue weighted by Gasteiger charge is -2.39. The molecule has 0 bridgehead atoms. The van der Waals surface area contributed by atoms with Gasteiger partial charge in [-0.25, -0.2) is 4.79 Å². The van der Waals surface area contributed by atoms with Crippen molar-refractivity contribution in [2.75, 3.05) is 32.6 Å². The molecule has 1 aromatic rings. The molecule has 128 valence electrons. The zero-order chi connectivity index (χ0) is 17.3. The Kier molecular flexibility index (Phi) is 4.72. The van der Waals surface area contributed by atoms with E-state index in [2.05, 4.69) is 10.6 Å². The molecule has 7 nitrogen and oxygen atoms in total. The Labute approximate surface area is 135 Å². The number of benzene rings is 1. The molecule has 1 aliphatic rings. The number of nitrogens with one attached hydrogen (secondary N) is 2. The van der Waals surface area contributed by atoms with Crippen molar-refractivity contribution in [3.63, 3.8) is 0 Å². The summed E-state index contributed by atoms with van der Waals surface area (Å²) in [6.07, 6.45) is -0.596. The van der Waals surface area contributed by atoms with Gasteiger partial charge in [0.05, 0.1) is 19.9 Å². The quantitative estimate of drug-likeness (QED) is 0.783. The Morgan fingerprint density at radius 3 is 2.22 bits per heavy atom. The van der Waals surface area contributed by atoms with Crippen LogP contribution in [0.2, 0.25) is 0 Å². The van der Waals surface area contributed by atoms with Crippen LogP contribution in [0.4, 0.5) is 10.5 Å². The van der Waals surface area contributed by atoms with E-state index in [0.29, 0.717) is 35.8 Å². The van der Waals surface area contributed by atoms with E-state index in [9.17, 15) is 9.90 Å². The number of ether oxygens (including phenoxy) is 3. The minimum atomic E-state index is -1.07. The zero-order valence-corrected chi connectivity index (χ0v) is 14.1. The van der Waals surface area contributed by atoms with Gasteiger partial charge in [-0.2, -0.15) is 0 Å². The molecule has 1 aromatic carbocycles. The Balaban J connectivity index is 2.37. The van der Waals surface area contributed by atoms with E-state index in [-0.39, 0.29) is 0 Å². The predicted molar refractivity (Wildman–Crippen MR) is 86.2 cm³/mol. The minimum Gasteiger partial charge on any atom is -0.493 e. The number of anilines is 1. The molecule has 1 saturated heterocycles. The lowest BCUT2D eigenvalue weighted by atomic mass is 9.86. The summed E-state index contributed by atoms with van der Waals surface area (Å²) in [4.78, 5) is 12.1. The van der Waals surface area contributed by atoms with Gasteiger partial charge in [-0.15, -0.1) is 0 Å². The van der Waals surface area contributed by atoms with E-state index in [1.807, 2.05) is 0 Å². The van der Waals surface area contributed by atoms with Crippen molar-refractivity contribution in [2.24, 2.45) is 0 Å². The van der Waals surface area contributed by atoms with Crippen LogP contribution in [0.1, 0.15) is 26.3 Å². The summed E-state index contributed by atoms with van der Waals surface area (Å²) in [5.41, 5.74) is -0.694. The van der Waals surface area contributed by atoms with Crippen LogP contribution in [0.15, 0.2) is 12.1 Å². The van der Waals surface area contributed by atoms with Gasteiger partial charge in [-0.05, 0) is 26.8 Å². The Morgan fingerprint density at radius 1 is 1.22 bits per heavy atom. The van der Waals surface area contributed by atoms with E-state index >= 15 is 0 Å². The molecule has 0 aromatic heterocycles. The van der Waals surface area contributed by atoms with E-state index < -0.39 is 17.3 Å². The molecule has 0 aliphatic carbocycles. The first-order valence-corrected chi connectivity index (χ1v) is 7.38.